The molecule has 1 aromatic rings. The fraction of sp³-hybridized carbons (Fsp3) is 0.571. The van der Waals surface area contributed by atoms with Crippen molar-refractivity contribution < 1.29 is 14.2 Å². The van der Waals surface area contributed by atoms with Gasteiger partial charge in [-0.05, 0) is 13.3 Å². The molecule has 0 bridgehead atoms. The Morgan fingerprint density at radius 1 is 1.00 bits per heavy atom. The molecule has 3 heteroatoms. The lowest BCUT2D eigenvalue weighted by Gasteiger charge is -2.16. The van der Waals surface area contributed by atoms with Gasteiger partial charge in [-0.15, -0.1) is 0 Å². The molecule has 1 aromatic carbocycles. The average Bonchev–Trinajstić information content (AvgIpc) is 2.29. The predicted molar refractivity (Wildman–Crippen MR) is 68.4 cm³/mol. The number of hydrogen-bond acceptors (Lipinski definition) is 3. The zero-order chi connectivity index (χ0) is 12.7. The highest BCUT2D eigenvalue weighted by molar-refractivity contribution is 5.44. The van der Waals surface area contributed by atoms with Gasteiger partial charge in [-0.2, -0.15) is 0 Å². The number of aryl methyl sites for hydroxylation is 1. The maximum absolute atomic E-state index is 5.82. The van der Waals surface area contributed by atoms with Crippen molar-refractivity contribution in [2.24, 2.45) is 0 Å². The highest BCUT2D eigenvalue weighted by atomic mass is 16.5. The van der Waals surface area contributed by atoms with Crippen molar-refractivity contribution >= 4 is 0 Å². The van der Waals surface area contributed by atoms with Crippen LogP contribution in [0.4, 0.5) is 0 Å². The normalized spacial score (nSPS) is 10.6. The number of ether oxygens (including phenoxy) is 3. The van der Waals surface area contributed by atoms with Gasteiger partial charge in [0.15, 0.2) is 0 Å². The summed E-state index contributed by atoms with van der Waals surface area (Å²) in [5, 5.41) is 0. The molecule has 0 aliphatic heterocycles. The summed E-state index contributed by atoms with van der Waals surface area (Å²) >= 11 is 0. The quantitative estimate of drug-likeness (QED) is 0.730. The minimum atomic E-state index is 0.567. The topological polar surface area (TPSA) is 27.7 Å². The second-order valence-electron chi connectivity index (χ2n) is 4.13. The van der Waals surface area contributed by atoms with Crippen LogP contribution in [0.15, 0.2) is 12.1 Å². The maximum atomic E-state index is 5.82. The van der Waals surface area contributed by atoms with Crippen molar-refractivity contribution in [1.29, 1.82) is 0 Å². The zero-order valence-electron chi connectivity index (χ0n) is 11.2. The molecule has 0 radical (unpaired) electrons. The van der Waals surface area contributed by atoms with Crippen LogP contribution in [0.3, 0.4) is 0 Å². The molecule has 0 amide bonds. The second kappa shape index (κ2) is 7.30. The molecular weight excluding hydrogens is 216 g/mol. The molecule has 0 spiro atoms. The highest BCUT2D eigenvalue weighted by Gasteiger charge is 2.11. The molecular formula is C14H22O3. The third-order valence-electron chi connectivity index (χ3n) is 2.44. The van der Waals surface area contributed by atoms with Crippen molar-refractivity contribution in [3.8, 4) is 5.75 Å². The second-order valence-corrected chi connectivity index (χ2v) is 4.13. The Morgan fingerprint density at radius 3 is 1.94 bits per heavy atom. The lowest BCUT2D eigenvalue weighted by molar-refractivity contribution is 0.170. The smallest absolute Gasteiger partial charge is 0.130 e. The molecule has 0 fully saturated rings. The van der Waals surface area contributed by atoms with E-state index in [1.807, 2.05) is 0 Å². The Morgan fingerprint density at radius 2 is 1.53 bits per heavy atom. The summed E-state index contributed by atoms with van der Waals surface area (Å²) in [6.07, 6.45) is 0.993. The fourth-order valence-electron chi connectivity index (χ4n) is 1.84. The van der Waals surface area contributed by atoms with E-state index in [1.165, 1.54) is 5.56 Å². The lowest BCUT2D eigenvalue weighted by Crippen LogP contribution is -2.05. The lowest BCUT2D eigenvalue weighted by atomic mass is 10.1. The van der Waals surface area contributed by atoms with Gasteiger partial charge < -0.3 is 14.2 Å². The molecule has 0 heterocycles. The summed E-state index contributed by atoms with van der Waals surface area (Å²) in [6, 6.07) is 4.21. The van der Waals surface area contributed by atoms with Gasteiger partial charge in [-0.25, -0.2) is 0 Å². The molecule has 3 nitrogen and oxygen atoms in total. The Bertz CT molecular complexity index is 320. The van der Waals surface area contributed by atoms with Crippen molar-refractivity contribution in [1.82, 2.24) is 0 Å². The standard InChI is InChI=1S/C14H22O3/c1-5-6-17-14-12(9-15-3)7-11(2)8-13(14)10-16-4/h7-8H,5-6,9-10H2,1-4H3. The van der Waals surface area contributed by atoms with E-state index in [0.717, 1.165) is 29.9 Å². The Balaban J connectivity index is 3.06. The van der Waals surface area contributed by atoms with Gasteiger partial charge in [0.05, 0.1) is 19.8 Å². The van der Waals surface area contributed by atoms with E-state index in [1.54, 1.807) is 14.2 Å². The predicted octanol–water partition coefficient (Wildman–Crippen LogP) is 3.08. The van der Waals surface area contributed by atoms with E-state index in [0.29, 0.717) is 13.2 Å². The summed E-state index contributed by atoms with van der Waals surface area (Å²) in [6.45, 7) is 6.02. The molecule has 0 atom stereocenters. The van der Waals surface area contributed by atoms with Crippen LogP contribution < -0.4 is 4.74 Å². The van der Waals surface area contributed by atoms with E-state index in [9.17, 15) is 0 Å². The molecule has 17 heavy (non-hydrogen) atoms. The van der Waals surface area contributed by atoms with Crippen molar-refractivity contribution in [2.75, 3.05) is 20.8 Å². The molecule has 0 saturated carbocycles. The molecule has 0 aliphatic rings. The molecule has 96 valence electrons. The third kappa shape index (κ3) is 4.02. The van der Waals surface area contributed by atoms with Gasteiger partial charge in [-0.3, -0.25) is 0 Å². The van der Waals surface area contributed by atoms with Gasteiger partial charge in [0.2, 0.25) is 0 Å². The summed E-state index contributed by atoms with van der Waals surface area (Å²) in [5.74, 6) is 0.918. The number of hydrogen-bond donors (Lipinski definition) is 0. The summed E-state index contributed by atoms with van der Waals surface area (Å²) in [4.78, 5) is 0. The summed E-state index contributed by atoms with van der Waals surface area (Å²) in [7, 11) is 3.39. The average molecular weight is 238 g/mol. The van der Waals surface area contributed by atoms with Gasteiger partial charge in [0.1, 0.15) is 5.75 Å². The van der Waals surface area contributed by atoms with Crippen LogP contribution in [0.2, 0.25) is 0 Å². The Kier molecular flexibility index (Phi) is 6.01. The summed E-state index contributed by atoms with van der Waals surface area (Å²) in [5.41, 5.74) is 3.38. The van der Waals surface area contributed by atoms with E-state index in [2.05, 4.69) is 26.0 Å². The molecule has 0 aromatic heterocycles. The van der Waals surface area contributed by atoms with Crippen LogP contribution in [0.25, 0.3) is 0 Å². The first-order chi connectivity index (χ1) is 8.22. The van der Waals surface area contributed by atoms with Crippen LogP contribution >= 0.6 is 0 Å². The summed E-state index contributed by atoms with van der Waals surface area (Å²) < 4.78 is 16.2. The molecule has 0 N–H and O–H groups in total. The van der Waals surface area contributed by atoms with Crippen LogP contribution in [-0.2, 0) is 22.7 Å². The highest BCUT2D eigenvalue weighted by Crippen LogP contribution is 2.27. The molecule has 0 aliphatic carbocycles. The Labute approximate surface area is 104 Å². The number of methoxy groups -OCH3 is 2. The minimum absolute atomic E-state index is 0.567. The minimum Gasteiger partial charge on any atom is -0.493 e. The van der Waals surface area contributed by atoms with E-state index in [-0.39, 0.29) is 0 Å². The molecule has 1 rings (SSSR count). The number of benzene rings is 1. The largest absolute Gasteiger partial charge is 0.493 e. The van der Waals surface area contributed by atoms with E-state index < -0.39 is 0 Å². The van der Waals surface area contributed by atoms with E-state index >= 15 is 0 Å². The fourth-order valence-corrected chi connectivity index (χ4v) is 1.84. The molecule has 0 saturated heterocycles. The molecule has 0 unspecified atom stereocenters. The van der Waals surface area contributed by atoms with Crippen LogP contribution in [0, 0.1) is 6.92 Å². The first-order valence-corrected chi connectivity index (χ1v) is 5.96. The van der Waals surface area contributed by atoms with Crippen LogP contribution in [0.5, 0.6) is 5.75 Å². The SMILES string of the molecule is CCCOc1c(COC)cc(C)cc1COC. The monoisotopic (exact) mass is 238 g/mol. The van der Waals surface area contributed by atoms with Crippen molar-refractivity contribution in [2.45, 2.75) is 33.5 Å². The van der Waals surface area contributed by atoms with Gasteiger partial charge >= 0.3 is 0 Å². The van der Waals surface area contributed by atoms with Crippen LogP contribution in [0.1, 0.15) is 30.0 Å². The third-order valence-corrected chi connectivity index (χ3v) is 2.44. The van der Waals surface area contributed by atoms with Gasteiger partial charge in [0, 0.05) is 25.3 Å². The Hall–Kier alpha value is -1.06. The van der Waals surface area contributed by atoms with Crippen molar-refractivity contribution in [3.63, 3.8) is 0 Å². The van der Waals surface area contributed by atoms with E-state index in [4.69, 9.17) is 14.2 Å². The first kappa shape index (κ1) is 14.0. The van der Waals surface area contributed by atoms with Crippen molar-refractivity contribution in [3.05, 3.63) is 28.8 Å². The zero-order valence-corrected chi connectivity index (χ0v) is 11.2. The number of rotatable bonds is 7. The van der Waals surface area contributed by atoms with Gasteiger partial charge in [0.25, 0.3) is 0 Å². The first-order valence-electron chi connectivity index (χ1n) is 5.96. The van der Waals surface area contributed by atoms with Crippen LogP contribution in [-0.4, -0.2) is 20.8 Å². The van der Waals surface area contributed by atoms with Gasteiger partial charge in [-0.1, -0.05) is 24.6 Å². The maximum Gasteiger partial charge on any atom is 0.130 e.